The lowest BCUT2D eigenvalue weighted by molar-refractivity contribution is 0.103. The van der Waals surface area contributed by atoms with Crippen LogP contribution in [0.25, 0.3) is 0 Å². The molecule has 2 aromatic heterocycles. The number of anilines is 1. The number of pyridine rings is 2. The van der Waals surface area contributed by atoms with Crippen LogP contribution in [0, 0.1) is 30.6 Å². The van der Waals surface area contributed by atoms with Gasteiger partial charge in [-0.3, -0.25) is 9.78 Å². The third-order valence-electron chi connectivity index (χ3n) is 5.67. The number of aryl methyl sites for hydroxylation is 1. The molecule has 1 aliphatic heterocycles. The first-order chi connectivity index (χ1) is 14.5. The van der Waals surface area contributed by atoms with Crippen LogP contribution in [0.3, 0.4) is 0 Å². The number of ketones is 1. The number of hydrogen-bond acceptors (Lipinski definition) is 5. The number of carbonyl (C=O) groups excluding carboxylic acids is 1. The largest absolute Gasteiger partial charge is 0.354 e. The number of hydrogen-bond donors (Lipinski definition) is 1. The Balaban J connectivity index is 1.67. The zero-order valence-electron chi connectivity index (χ0n) is 18.1. The van der Waals surface area contributed by atoms with E-state index in [1.54, 1.807) is 12.3 Å². The Morgan fingerprint density at radius 3 is 2.87 bits per heavy atom. The van der Waals surface area contributed by atoms with E-state index in [9.17, 15) is 4.79 Å². The van der Waals surface area contributed by atoms with Crippen molar-refractivity contribution in [2.75, 3.05) is 24.5 Å². The smallest absolute Gasteiger partial charge is 0.214 e. The second kappa shape index (κ2) is 8.97. The summed E-state index contributed by atoms with van der Waals surface area (Å²) in [7, 11) is 0. The van der Waals surface area contributed by atoms with Crippen molar-refractivity contribution < 1.29 is 4.79 Å². The molecule has 4 rings (SSSR count). The quantitative estimate of drug-likeness (QED) is 0.612. The second-order valence-electron chi connectivity index (χ2n) is 8.80. The molecule has 0 bridgehead atoms. The first kappa shape index (κ1) is 20.6. The van der Waals surface area contributed by atoms with E-state index in [0.717, 1.165) is 50.4 Å². The van der Waals surface area contributed by atoms with Crippen molar-refractivity contribution >= 4 is 11.6 Å². The number of carbonyl (C=O) groups is 1. The van der Waals surface area contributed by atoms with Crippen LogP contribution in [0.1, 0.15) is 60.4 Å². The summed E-state index contributed by atoms with van der Waals surface area (Å²) in [5, 5.41) is 3.60. The van der Waals surface area contributed by atoms with E-state index in [2.05, 4.69) is 40.9 Å². The highest BCUT2D eigenvalue weighted by Gasteiger charge is 2.24. The van der Waals surface area contributed by atoms with Gasteiger partial charge in [-0.2, -0.15) is 0 Å². The minimum Gasteiger partial charge on any atom is -0.354 e. The van der Waals surface area contributed by atoms with Crippen molar-refractivity contribution in [2.24, 2.45) is 11.8 Å². The molecule has 0 amide bonds. The molecule has 1 saturated carbocycles. The third kappa shape index (κ3) is 4.88. The summed E-state index contributed by atoms with van der Waals surface area (Å²) in [4.78, 5) is 24.8. The van der Waals surface area contributed by atoms with Crippen LogP contribution in [-0.2, 0) is 0 Å². The Hall–Kier alpha value is -2.71. The van der Waals surface area contributed by atoms with E-state index in [4.69, 9.17) is 4.98 Å². The van der Waals surface area contributed by atoms with Crippen molar-refractivity contribution in [1.82, 2.24) is 15.3 Å². The van der Waals surface area contributed by atoms with Crippen molar-refractivity contribution in [3.8, 4) is 11.8 Å². The summed E-state index contributed by atoms with van der Waals surface area (Å²) in [6.45, 7) is 9.07. The molecular weight excluding hydrogens is 372 g/mol. The van der Waals surface area contributed by atoms with Gasteiger partial charge in [0, 0.05) is 49.0 Å². The van der Waals surface area contributed by atoms with Gasteiger partial charge >= 0.3 is 0 Å². The summed E-state index contributed by atoms with van der Waals surface area (Å²) in [6.07, 6.45) is 5.14. The molecule has 0 radical (unpaired) electrons. The highest BCUT2D eigenvalue weighted by atomic mass is 16.1. The zero-order chi connectivity index (χ0) is 21.1. The van der Waals surface area contributed by atoms with E-state index < -0.39 is 0 Å². The maximum absolute atomic E-state index is 13.4. The Kier molecular flexibility index (Phi) is 6.15. The van der Waals surface area contributed by atoms with Crippen molar-refractivity contribution in [3.05, 3.63) is 53.0 Å². The number of nitrogens with zero attached hydrogens (tertiary/aromatic N) is 3. The van der Waals surface area contributed by atoms with Gasteiger partial charge in [-0.25, -0.2) is 4.98 Å². The molecule has 30 heavy (non-hydrogen) atoms. The lowest BCUT2D eigenvalue weighted by Crippen LogP contribution is -2.51. The molecule has 1 aliphatic carbocycles. The van der Waals surface area contributed by atoms with Crippen LogP contribution in [0.15, 0.2) is 30.5 Å². The van der Waals surface area contributed by atoms with Gasteiger partial charge in [-0.15, -0.1) is 0 Å². The summed E-state index contributed by atoms with van der Waals surface area (Å²) in [5.41, 5.74) is 2.47. The monoisotopic (exact) mass is 402 g/mol. The normalized spacial score (nSPS) is 18.8. The molecule has 0 aromatic carbocycles. The summed E-state index contributed by atoms with van der Waals surface area (Å²) in [6, 6.07) is 8.04. The summed E-state index contributed by atoms with van der Waals surface area (Å²) < 4.78 is 0. The predicted molar refractivity (Wildman–Crippen MR) is 120 cm³/mol. The van der Waals surface area contributed by atoms with Gasteiger partial charge < -0.3 is 10.2 Å². The molecular formula is C25H30N4O. The molecule has 2 aromatic rings. The first-order valence-electron chi connectivity index (χ1n) is 11.0. The van der Waals surface area contributed by atoms with Gasteiger partial charge in [-0.1, -0.05) is 25.7 Å². The van der Waals surface area contributed by atoms with Crippen molar-refractivity contribution in [1.29, 1.82) is 0 Å². The van der Waals surface area contributed by atoms with Crippen LogP contribution in [-0.4, -0.2) is 41.4 Å². The molecule has 1 atom stereocenters. The fraction of sp³-hybridized carbons (Fsp3) is 0.480. The van der Waals surface area contributed by atoms with Crippen LogP contribution in [0.5, 0.6) is 0 Å². The van der Waals surface area contributed by atoms with Crippen LogP contribution in [0.2, 0.25) is 0 Å². The topological polar surface area (TPSA) is 58.1 Å². The van der Waals surface area contributed by atoms with Crippen LogP contribution in [0.4, 0.5) is 5.82 Å². The summed E-state index contributed by atoms with van der Waals surface area (Å²) in [5.74, 6) is 8.37. The second-order valence-corrected chi connectivity index (χ2v) is 8.80. The fourth-order valence-electron chi connectivity index (χ4n) is 3.92. The Labute approximate surface area is 179 Å². The molecule has 0 spiro atoms. The molecule has 156 valence electrons. The van der Waals surface area contributed by atoms with Gasteiger partial charge in [-0.05, 0) is 56.4 Å². The molecule has 5 heteroatoms. The highest BCUT2D eigenvalue weighted by molar-refractivity contribution is 6.10. The van der Waals surface area contributed by atoms with E-state index >= 15 is 0 Å². The Morgan fingerprint density at radius 1 is 1.30 bits per heavy atom. The zero-order valence-corrected chi connectivity index (χ0v) is 18.1. The minimum absolute atomic E-state index is 0.101. The number of rotatable bonds is 5. The fourth-order valence-corrected chi connectivity index (χ4v) is 3.92. The number of piperazine rings is 1. The Morgan fingerprint density at radius 2 is 2.13 bits per heavy atom. The third-order valence-corrected chi connectivity index (χ3v) is 5.67. The maximum Gasteiger partial charge on any atom is 0.214 e. The van der Waals surface area contributed by atoms with Crippen molar-refractivity contribution in [3.63, 3.8) is 0 Å². The molecule has 1 saturated heterocycles. The lowest BCUT2D eigenvalue weighted by Gasteiger charge is -2.35. The van der Waals surface area contributed by atoms with E-state index in [-0.39, 0.29) is 5.78 Å². The van der Waals surface area contributed by atoms with Crippen LogP contribution >= 0.6 is 0 Å². The average molecular weight is 403 g/mol. The molecule has 5 nitrogen and oxygen atoms in total. The van der Waals surface area contributed by atoms with Gasteiger partial charge in [0.1, 0.15) is 11.5 Å². The van der Waals surface area contributed by atoms with Gasteiger partial charge in [0.15, 0.2) is 0 Å². The number of nitrogens with one attached hydrogen (secondary N) is 1. The lowest BCUT2D eigenvalue weighted by atomic mass is 10.0. The van der Waals surface area contributed by atoms with Gasteiger partial charge in [0.25, 0.3) is 0 Å². The molecule has 2 aliphatic rings. The van der Waals surface area contributed by atoms with Gasteiger partial charge in [0.05, 0.1) is 5.56 Å². The Bertz CT molecular complexity index is 984. The average Bonchev–Trinajstić information content (AvgIpc) is 3.56. The standard InChI is InChI=1S/C25H30N4O/c1-17(2)15-21-16-29(14-13-27-21)23-11-10-20(9-8-19-6-7-19)24(28-23)25(30)22-5-4-12-26-18(22)3/h4-5,10-12,17,19,21,27H,6-7,13-16H2,1-3H3/t21-/m0/s1. The molecule has 2 fully saturated rings. The van der Waals surface area contributed by atoms with E-state index in [0.29, 0.717) is 34.7 Å². The number of aromatic nitrogens is 2. The van der Waals surface area contributed by atoms with Crippen LogP contribution < -0.4 is 10.2 Å². The van der Waals surface area contributed by atoms with E-state index in [1.807, 2.05) is 25.1 Å². The SMILES string of the molecule is Cc1ncccc1C(=O)c1nc(N2CCN[C@@H](CC(C)C)C2)ccc1C#CC1CC1. The molecule has 1 N–H and O–H groups in total. The first-order valence-corrected chi connectivity index (χ1v) is 11.0. The van der Waals surface area contributed by atoms with Crippen molar-refractivity contribution in [2.45, 2.75) is 46.1 Å². The summed E-state index contributed by atoms with van der Waals surface area (Å²) >= 11 is 0. The highest BCUT2D eigenvalue weighted by Crippen LogP contribution is 2.28. The predicted octanol–water partition coefficient (Wildman–Crippen LogP) is 3.60. The maximum atomic E-state index is 13.4. The molecule has 3 heterocycles. The van der Waals surface area contributed by atoms with E-state index in [1.165, 1.54) is 0 Å². The minimum atomic E-state index is -0.101. The molecule has 0 unspecified atom stereocenters. The van der Waals surface area contributed by atoms with Gasteiger partial charge in [0.2, 0.25) is 5.78 Å².